The lowest BCUT2D eigenvalue weighted by Gasteiger charge is -2.01. The van der Waals surface area contributed by atoms with Gasteiger partial charge in [-0.3, -0.25) is 0 Å². The van der Waals surface area contributed by atoms with Crippen LogP contribution in [-0.4, -0.2) is 17.5 Å². The fourth-order valence-electron chi connectivity index (χ4n) is 1.16. The molecule has 0 bridgehead atoms. The van der Waals surface area contributed by atoms with Crippen LogP contribution in [0.15, 0.2) is 29.2 Å². The molecule has 1 N–H and O–H groups in total. The molecule has 0 unspecified atom stereocenters. The van der Waals surface area contributed by atoms with Crippen molar-refractivity contribution < 1.29 is 5.11 Å². The molecular weight excluding hydrogens is 206 g/mol. The summed E-state index contributed by atoms with van der Waals surface area (Å²) in [6, 6.07) is 9.38. The van der Waals surface area contributed by atoms with E-state index in [0.717, 1.165) is 16.2 Å². The molecule has 0 amide bonds. The Labute approximate surface area is 94.2 Å². The predicted octanol–water partition coefficient (Wildman–Crippen LogP) is 2.64. The van der Waals surface area contributed by atoms with Gasteiger partial charge < -0.3 is 5.11 Å². The summed E-state index contributed by atoms with van der Waals surface area (Å²) in [6.45, 7) is 2.12. The van der Waals surface area contributed by atoms with E-state index in [1.54, 1.807) is 23.9 Å². The second-order valence-corrected chi connectivity index (χ2v) is 4.33. The molecule has 0 saturated heterocycles. The van der Waals surface area contributed by atoms with Crippen LogP contribution in [0.5, 0.6) is 0 Å². The maximum Gasteiger partial charge on any atom is 0.0991 e. The molecule has 15 heavy (non-hydrogen) atoms. The summed E-state index contributed by atoms with van der Waals surface area (Å²) in [5.41, 5.74) is 1.67. The van der Waals surface area contributed by atoms with Crippen molar-refractivity contribution in [1.82, 2.24) is 0 Å². The zero-order valence-electron chi connectivity index (χ0n) is 8.60. The molecule has 0 radical (unpaired) electrons. The number of aliphatic hydroxyl groups is 1. The van der Waals surface area contributed by atoms with Crippen LogP contribution in [0.3, 0.4) is 0 Å². The minimum atomic E-state index is 0.0680. The Kier molecular flexibility index (Phi) is 4.96. The summed E-state index contributed by atoms with van der Waals surface area (Å²) in [7, 11) is 0. The van der Waals surface area contributed by atoms with Crippen molar-refractivity contribution in [2.45, 2.75) is 6.92 Å². The molecule has 0 atom stereocenters. The maximum absolute atomic E-state index is 9.08. The summed E-state index contributed by atoms with van der Waals surface area (Å²) < 4.78 is 0. The quantitative estimate of drug-likeness (QED) is 0.846. The van der Waals surface area contributed by atoms with Crippen LogP contribution in [0, 0.1) is 11.3 Å². The van der Waals surface area contributed by atoms with Crippen molar-refractivity contribution in [2.75, 3.05) is 12.4 Å². The van der Waals surface area contributed by atoms with Crippen LogP contribution in [0.2, 0.25) is 0 Å². The molecule has 1 aromatic rings. The molecule has 0 aromatic heterocycles. The Bertz CT molecular complexity index is 376. The van der Waals surface area contributed by atoms with Gasteiger partial charge in [0.05, 0.1) is 18.2 Å². The number of thioether (sulfide) groups is 1. The number of nitrogens with zero attached hydrogens (tertiary/aromatic N) is 1. The lowest BCUT2D eigenvalue weighted by Crippen LogP contribution is -1.86. The van der Waals surface area contributed by atoms with E-state index in [1.165, 1.54) is 0 Å². The van der Waals surface area contributed by atoms with Gasteiger partial charge in [0.15, 0.2) is 0 Å². The largest absolute Gasteiger partial charge is 0.391 e. The van der Waals surface area contributed by atoms with Gasteiger partial charge in [-0.05, 0) is 29.5 Å². The maximum atomic E-state index is 9.08. The van der Waals surface area contributed by atoms with Crippen LogP contribution in [-0.2, 0) is 0 Å². The molecule has 0 spiro atoms. The zero-order chi connectivity index (χ0) is 11.1. The fraction of sp³-hybridized carbons (Fsp3) is 0.250. The zero-order valence-corrected chi connectivity index (χ0v) is 9.42. The van der Waals surface area contributed by atoms with Gasteiger partial charge in [0.2, 0.25) is 0 Å². The van der Waals surface area contributed by atoms with E-state index >= 15 is 0 Å². The molecule has 3 heteroatoms. The minimum Gasteiger partial charge on any atom is -0.391 e. The topological polar surface area (TPSA) is 44.0 Å². The van der Waals surface area contributed by atoms with Crippen LogP contribution < -0.4 is 0 Å². The van der Waals surface area contributed by atoms with Gasteiger partial charge in [-0.15, -0.1) is 11.8 Å². The molecule has 0 fully saturated rings. The van der Waals surface area contributed by atoms with Gasteiger partial charge in [-0.2, -0.15) is 5.26 Å². The molecule has 0 heterocycles. The molecule has 2 nitrogen and oxygen atoms in total. The molecule has 1 aromatic carbocycles. The highest BCUT2D eigenvalue weighted by molar-refractivity contribution is 8.03. The lowest BCUT2D eigenvalue weighted by molar-refractivity contribution is 0.340. The van der Waals surface area contributed by atoms with Crippen molar-refractivity contribution in [3.63, 3.8) is 0 Å². The number of hydrogen-bond acceptors (Lipinski definition) is 3. The Morgan fingerprint density at radius 1 is 1.47 bits per heavy atom. The first-order valence-electron chi connectivity index (χ1n) is 4.74. The van der Waals surface area contributed by atoms with Gasteiger partial charge in [0, 0.05) is 4.91 Å². The second-order valence-electron chi connectivity index (χ2n) is 2.94. The van der Waals surface area contributed by atoms with E-state index in [9.17, 15) is 0 Å². The highest BCUT2D eigenvalue weighted by Gasteiger charge is 1.96. The van der Waals surface area contributed by atoms with Gasteiger partial charge in [0.1, 0.15) is 0 Å². The highest BCUT2D eigenvalue weighted by atomic mass is 32.2. The summed E-state index contributed by atoms with van der Waals surface area (Å²) in [6.07, 6.45) is 1.94. The molecular formula is C12H13NOS. The first-order valence-corrected chi connectivity index (χ1v) is 5.73. The summed E-state index contributed by atoms with van der Waals surface area (Å²) in [5.74, 6) is 0.947. The second kappa shape index (κ2) is 6.28. The third-order valence-electron chi connectivity index (χ3n) is 1.85. The molecule has 0 aliphatic rings. The summed E-state index contributed by atoms with van der Waals surface area (Å²) in [5, 5.41) is 17.7. The van der Waals surface area contributed by atoms with E-state index in [-0.39, 0.29) is 6.61 Å². The van der Waals surface area contributed by atoms with Gasteiger partial charge in [0.25, 0.3) is 0 Å². The van der Waals surface area contributed by atoms with Gasteiger partial charge >= 0.3 is 0 Å². The number of aliphatic hydroxyl groups excluding tert-OH is 1. The van der Waals surface area contributed by atoms with Crippen LogP contribution >= 0.6 is 11.8 Å². The highest BCUT2D eigenvalue weighted by Crippen LogP contribution is 2.18. The van der Waals surface area contributed by atoms with Crippen LogP contribution in [0.4, 0.5) is 0 Å². The minimum absolute atomic E-state index is 0.0680. The average Bonchev–Trinajstić information content (AvgIpc) is 2.29. The van der Waals surface area contributed by atoms with Gasteiger partial charge in [-0.1, -0.05) is 19.1 Å². The normalized spacial score (nSPS) is 11.1. The monoisotopic (exact) mass is 219 g/mol. The predicted molar refractivity (Wildman–Crippen MR) is 64.4 cm³/mol. The van der Waals surface area contributed by atoms with Crippen molar-refractivity contribution in [3.05, 3.63) is 40.3 Å². The number of rotatable bonds is 4. The third-order valence-corrected chi connectivity index (χ3v) is 2.76. The van der Waals surface area contributed by atoms with E-state index in [0.29, 0.717) is 5.56 Å². The van der Waals surface area contributed by atoms with Crippen LogP contribution in [0.25, 0.3) is 6.08 Å². The Morgan fingerprint density at radius 2 is 2.13 bits per heavy atom. The lowest BCUT2D eigenvalue weighted by atomic mass is 10.1. The van der Waals surface area contributed by atoms with Crippen LogP contribution in [0.1, 0.15) is 18.1 Å². The molecule has 1 rings (SSSR count). The van der Waals surface area contributed by atoms with E-state index in [1.807, 2.05) is 25.1 Å². The SMILES string of the molecule is CCS/C(=C\c1ccc(C#N)cc1)CO. The average molecular weight is 219 g/mol. The first-order chi connectivity index (χ1) is 7.30. The molecule has 0 aliphatic heterocycles. The smallest absolute Gasteiger partial charge is 0.0991 e. The standard InChI is InChI=1S/C12H13NOS/c1-2-15-12(9-14)7-10-3-5-11(8-13)6-4-10/h3-7,14H,2,9H2,1H3/b12-7-. The Balaban J connectivity index is 2.83. The molecule has 78 valence electrons. The molecule has 0 saturated carbocycles. The third kappa shape index (κ3) is 3.78. The van der Waals surface area contributed by atoms with Crippen molar-refractivity contribution >= 4 is 17.8 Å². The summed E-state index contributed by atoms with van der Waals surface area (Å²) in [4.78, 5) is 0.946. The van der Waals surface area contributed by atoms with Crippen molar-refractivity contribution in [3.8, 4) is 6.07 Å². The van der Waals surface area contributed by atoms with Crippen molar-refractivity contribution in [1.29, 1.82) is 5.26 Å². The first kappa shape index (κ1) is 11.8. The van der Waals surface area contributed by atoms with E-state index < -0.39 is 0 Å². The number of hydrogen-bond donors (Lipinski definition) is 1. The number of nitriles is 1. The van der Waals surface area contributed by atoms with Gasteiger partial charge in [-0.25, -0.2) is 0 Å². The Morgan fingerprint density at radius 3 is 2.60 bits per heavy atom. The van der Waals surface area contributed by atoms with Crippen molar-refractivity contribution in [2.24, 2.45) is 0 Å². The summed E-state index contributed by atoms with van der Waals surface area (Å²) >= 11 is 1.63. The fourth-order valence-corrected chi connectivity index (χ4v) is 1.84. The van der Waals surface area contributed by atoms with E-state index in [2.05, 4.69) is 6.07 Å². The molecule has 0 aliphatic carbocycles. The number of benzene rings is 1. The van der Waals surface area contributed by atoms with E-state index in [4.69, 9.17) is 10.4 Å². The Hall–Kier alpha value is -1.24.